The van der Waals surface area contributed by atoms with Gasteiger partial charge in [-0.2, -0.15) is 0 Å². The third-order valence-corrected chi connectivity index (χ3v) is 5.12. The number of ether oxygens (including phenoxy) is 3. The van der Waals surface area contributed by atoms with Gasteiger partial charge in [0.25, 0.3) is 0 Å². The average Bonchev–Trinajstić information content (AvgIpc) is 2.62. The first-order valence-electron chi connectivity index (χ1n) is 8.43. The van der Waals surface area contributed by atoms with E-state index >= 15 is 0 Å². The lowest BCUT2D eigenvalue weighted by atomic mass is 9.71. The number of aliphatic hydroxyl groups is 1. The summed E-state index contributed by atoms with van der Waals surface area (Å²) in [6, 6.07) is 6.79. The second-order valence-electron chi connectivity index (χ2n) is 6.48. The molecule has 0 aromatic heterocycles. The minimum absolute atomic E-state index is 0.120. The van der Waals surface area contributed by atoms with Crippen molar-refractivity contribution in [2.45, 2.75) is 24.5 Å². The predicted molar refractivity (Wildman–Crippen MR) is 88.4 cm³/mol. The molecule has 2 unspecified atom stereocenters. The van der Waals surface area contributed by atoms with Crippen LogP contribution in [0.1, 0.15) is 12.8 Å². The highest BCUT2D eigenvalue weighted by Gasteiger charge is 2.53. The Labute approximate surface area is 142 Å². The van der Waals surface area contributed by atoms with Gasteiger partial charge in [0.1, 0.15) is 36.6 Å². The lowest BCUT2D eigenvalue weighted by molar-refractivity contribution is -0.172. The van der Waals surface area contributed by atoms with Crippen LogP contribution in [0, 0.1) is 5.92 Å². The van der Waals surface area contributed by atoms with E-state index in [9.17, 15) is 9.90 Å². The molecule has 132 valence electrons. The molecule has 2 atom stereocenters. The zero-order chi connectivity index (χ0) is 17.0. The van der Waals surface area contributed by atoms with Gasteiger partial charge in [0.2, 0.25) is 0 Å². The van der Waals surface area contributed by atoms with E-state index in [1.54, 1.807) is 7.11 Å². The van der Waals surface area contributed by atoms with Crippen molar-refractivity contribution < 1.29 is 24.1 Å². The Morgan fingerprint density at radius 2 is 1.79 bits per heavy atom. The van der Waals surface area contributed by atoms with Crippen molar-refractivity contribution in [1.82, 2.24) is 4.90 Å². The van der Waals surface area contributed by atoms with Gasteiger partial charge in [0.05, 0.1) is 12.6 Å². The third kappa shape index (κ3) is 3.41. The predicted octanol–water partition coefficient (Wildman–Crippen LogP) is 1.11. The zero-order valence-electron chi connectivity index (χ0n) is 14.0. The molecular weight excluding hydrogens is 310 g/mol. The van der Waals surface area contributed by atoms with Crippen LogP contribution in [0.15, 0.2) is 24.3 Å². The van der Waals surface area contributed by atoms with Crippen LogP contribution in [0.4, 0.5) is 0 Å². The van der Waals surface area contributed by atoms with Gasteiger partial charge in [-0.1, -0.05) is 0 Å². The number of benzene rings is 1. The molecule has 4 rings (SSSR count). The summed E-state index contributed by atoms with van der Waals surface area (Å²) in [5.74, 6) is 1.52. The maximum absolute atomic E-state index is 11.5. The molecule has 3 aliphatic rings. The summed E-state index contributed by atoms with van der Waals surface area (Å²) in [7, 11) is 1.63. The summed E-state index contributed by atoms with van der Waals surface area (Å²) in [6.45, 7) is 2.92. The lowest BCUT2D eigenvalue weighted by Crippen LogP contribution is -2.68. The molecule has 0 spiro atoms. The summed E-state index contributed by atoms with van der Waals surface area (Å²) >= 11 is 0. The van der Waals surface area contributed by atoms with Crippen molar-refractivity contribution in [3.8, 4) is 11.5 Å². The van der Waals surface area contributed by atoms with Crippen LogP contribution in [0.3, 0.4) is 0 Å². The number of piperidine rings is 3. The van der Waals surface area contributed by atoms with Crippen molar-refractivity contribution in [3.63, 3.8) is 0 Å². The molecule has 0 saturated carbocycles. The Kier molecular flexibility index (Phi) is 5.38. The van der Waals surface area contributed by atoms with Crippen LogP contribution in [0.2, 0.25) is 0 Å². The summed E-state index contributed by atoms with van der Waals surface area (Å²) in [6.07, 6.45) is 2.69. The number of nitrogens with zero attached hydrogens (tertiary/aromatic N) is 1. The molecule has 6 heteroatoms. The minimum Gasteiger partial charge on any atom is -0.491 e. The van der Waals surface area contributed by atoms with Crippen LogP contribution in [-0.2, 0) is 9.53 Å². The van der Waals surface area contributed by atoms with E-state index in [-0.39, 0.29) is 12.5 Å². The number of hydrogen-bond acceptors (Lipinski definition) is 6. The highest BCUT2D eigenvalue weighted by Crippen LogP contribution is 2.40. The van der Waals surface area contributed by atoms with E-state index in [1.165, 1.54) is 0 Å². The van der Waals surface area contributed by atoms with Crippen LogP contribution in [-0.4, -0.2) is 68.0 Å². The number of methoxy groups -OCH3 is 1. The van der Waals surface area contributed by atoms with Gasteiger partial charge in [-0.3, -0.25) is 4.90 Å². The quantitative estimate of drug-likeness (QED) is 0.567. The zero-order valence-corrected chi connectivity index (χ0v) is 14.0. The van der Waals surface area contributed by atoms with Crippen LogP contribution >= 0.6 is 0 Å². The SMILES string of the molecule is COCCOc1ccc(OCC2(O)C3CCN(CC3)C2C=O)cc1. The first-order chi connectivity index (χ1) is 11.7. The summed E-state index contributed by atoms with van der Waals surface area (Å²) in [5.41, 5.74) is -1.11. The Hall–Kier alpha value is -1.63. The van der Waals surface area contributed by atoms with Gasteiger partial charge in [0, 0.05) is 7.11 Å². The van der Waals surface area contributed by atoms with E-state index in [0.29, 0.717) is 19.0 Å². The molecule has 1 aromatic carbocycles. The fourth-order valence-corrected chi connectivity index (χ4v) is 3.72. The maximum Gasteiger partial charge on any atom is 0.140 e. The normalized spacial score (nSPS) is 31.7. The number of hydrogen-bond donors (Lipinski definition) is 1. The molecule has 1 aromatic rings. The van der Waals surface area contributed by atoms with E-state index < -0.39 is 11.6 Å². The summed E-state index contributed by atoms with van der Waals surface area (Å²) in [5, 5.41) is 11.0. The lowest BCUT2D eigenvalue weighted by Gasteiger charge is -2.53. The molecule has 0 radical (unpaired) electrons. The monoisotopic (exact) mass is 335 g/mol. The summed E-state index contributed by atoms with van der Waals surface area (Å²) in [4.78, 5) is 13.5. The number of aldehydes is 1. The third-order valence-electron chi connectivity index (χ3n) is 5.12. The van der Waals surface area contributed by atoms with Crippen molar-refractivity contribution in [2.24, 2.45) is 5.92 Å². The molecule has 24 heavy (non-hydrogen) atoms. The molecule has 2 bridgehead atoms. The fourth-order valence-electron chi connectivity index (χ4n) is 3.72. The Balaban J connectivity index is 1.59. The van der Waals surface area contributed by atoms with E-state index in [1.807, 2.05) is 24.3 Å². The molecule has 6 nitrogen and oxygen atoms in total. The van der Waals surface area contributed by atoms with Crippen LogP contribution in [0.5, 0.6) is 11.5 Å². The highest BCUT2D eigenvalue weighted by atomic mass is 16.5. The molecule has 3 saturated heterocycles. The van der Waals surface area contributed by atoms with E-state index in [0.717, 1.165) is 38.0 Å². The van der Waals surface area contributed by atoms with Gasteiger partial charge in [-0.25, -0.2) is 0 Å². The van der Waals surface area contributed by atoms with Crippen LogP contribution < -0.4 is 9.47 Å². The van der Waals surface area contributed by atoms with Gasteiger partial charge >= 0.3 is 0 Å². The topological polar surface area (TPSA) is 68.2 Å². The smallest absolute Gasteiger partial charge is 0.140 e. The molecule has 3 fully saturated rings. The standard InChI is InChI=1S/C18H25NO5/c1-22-10-11-23-15-2-4-16(5-3-15)24-13-18(21)14-6-8-19(9-7-14)17(18)12-20/h2-5,12,14,17,21H,6-11,13H2,1H3. The molecule has 3 aliphatic heterocycles. The molecule has 0 amide bonds. The number of carbonyl (C=O) groups excluding carboxylic acids is 1. The van der Waals surface area contributed by atoms with Crippen molar-refractivity contribution in [1.29, 1.82) is 0 Å². The van der Waals surface area contributed by atoms with Gasteiger partial charge < -0.3 is 24.1 Å². The van der Waals surface area contributed by atoms with Gasteiger partial charge in [0.15, 0.2) is 0 Å². The van der Waals surface area contributed by atoms with Gasteiger partial charge in [-0.05, 0) is 56.1 Å². The van der Waals surface area contributed by atoms with Crippen LogP contribution in [0.25, 0.3) is 0 Å². The van der Waals surface area contributed by atoms with Crippen molar-refractivity contribution in [2.75, 3.05) is 40.0 Å². The Bertz CT molecular complexity index is 541. The van der Waals surface area contributed by atoms with E-state index in [2.05, 4.69) is 4.90 Å². The molecular formula is C18H25NO5. The minimum atomic E-state index is -1.11. The molecule has 3 heterocycles. The van der Waals surface area contributed by atoms with E-state index in [4.69, 9.17) is 14.2 Å². The first kappa shape index (κ1) is 17.2. The Morgan fingerprint density at radius 1 is 1.17 bits per heavy atom. The summed E-state index contributed by atoms with van der Waals surface area (Å²) < 4.78 is 16.2. The average molecular weight is 335 g/mol. The first-order valence-corrected chi connectivity index (χ1v) is 8.43. The second-order valence-corrected chi connectivity index (χ2v) is 6.48. The molecule has 0 aliphatic carbocycles. The maximum atomic E-state index is 11.5. The second kappa shape index (κ2) is 7.51. The largest absolute Gasteiger partial charge is 0.491 e. The number of rotatable bonds is 8. The van der Waals surface area contributed by atoms with Crippen molar-refractivity contribution >= 4 is 6.29 Å². The van der Waals surface area contributed by atoms with Crippen molar-refractivity contribution in [3.05, 3.63) is 24.3 Å². The highest BCUT2D eigenvalue weighted by molar-refractivity contribution is 5.61. The fraction of sp³-hybridized carbons (Fsp3) is 0.611. The molecule has 1 N–H and O–H groups in total. The number of fused-ring (bicyclic) bond motifs is 3. The Morgan fingerprint density at radius 3 is 2.38 bits per heavy atom. The van der Waals surface area contributed by atoms with Gasteiger partial charge in [-0.15, -0.1) is 0 Å². The number of carbonyl (C=O) groups is 1.